The minimum absolute atomic E-state index is 0.0174. The molecule has 1 amide bonds. The Kier molecular flexibility index (Phi) is 6.52. The van der Waals surface area contributed by atoms with Crippen LogP contribution in [-0.4, -0.2) is 71.6 Å². The highest BCUT2D eigenvalue weighted by Gasteiger charge is 2.46. The normalized spacial score (nSPS) is 21.1. The summed E-state index contributed by atoms with van der Waals surface area (Å²) >= 11 is 0. The standard InChI is InChI=1S/C26H30N2O6/c1-5-33-21-14-16(6-8-19(21)29)23-22(25(31)26(32)28(23)11-10-27(3)4)24(30)17-7-9-20-18(13-17)12-15(2)34-20/h6-9,13-15,23,29-30H,5,10-12H2,1-4H3/b24-22+. The van der Waals surface area contributed by atoms with Gasteiger partial charge in [0.15, 0.2) is 11.5 Å². The Labute approximate surface area is 199 Å². The summed E-state index contributed by atoms with van der Waals surface area (Å²) in [5.41, 5.74) is 1.98. The van der Waals surface area contributed by atoms with Crippen LogP contribution >= 0.6 is 0 Å². The average molecular weight is 467 g/mol. The lowest BCUT2D eigenvalue weighted by Gasteiger charge is -2.27. The topological polar surface area (TPSA) is 99.5 Å². The summed E-state index contributed by atoms with van der Waals surface area (Å²) in [7, 11) is 3.76. The van der Waals surface area contributed by atoms with Gasteiger partial charge >= 0.3 is 0 Å². The maximum Gasteiger partial charge on any atom is 0.295 e. The van der Waals surface area contributed by atoms with Crippen LogP contribution < -0.4 is 9.47 Å². The number of aliphatic hydroxyl groups is 1. The maximum absolute atomic E-state index is 13.2. The van der Waals surface area contributed by atoms with E-state index in [2.05, 4.69) is 0 Å². The summed E-state index contributed by atoms with van der Waals surface area (Å²) in [6.45, 7) is 4.94. The summed E-state index contributed by atoms with van der Waals surface area (Å²) in [5, 5.41) is 21.5. The first-order valence-electron chi connectivity index (χ1n) is 11.4. The van der Waals surface area contributed by atoms with Gasteiger partial charge in [-0.25, -0.2) is 0 Å². The van der Waals surface area contributed by atoms with Gasteiger partial charge in [-0.15, -0.1) is 0 Å². The number of carbonyl (C=O) groups excluding carboxylic acids is 2. The van der Waals surface area contributed by atoms with E-state index in [1.807, 2.05) is 25.9 Å². The molecule has 2 aliphatic rings. The number of amides is 1. The highest BCUT2D eigenvalue weighted by molar-refractivity contribution is 6.46. The minimum atomic E-state index is -0.816. The number of nitrogens with zero attached hydrogens (tertiary/aromatic N) is 2. The quantitative estimate of drug-likeness (QED) is 0.367. The van der Waals surface area contributed by atoms with E-state index in [1.165, 1.54) is 11.0 Å². The van der Waals surface area contributed by atoms with Gasteiger partial charge in [0, 0.05) is 25.1 Å². The van der Waals surface area contributed by atoms with E-state index < -0.39 is 17.7 Å². The third-order valence-electron chi connectivity index (χ3n) is 6.10. The number of benzene rings is 2. The number of phenols is 1. The Hall–Kier alpha value is -3.52. The van der Waals surface area contributed by atoms with Gasteiger partial charge in [-0.1, -0.05) is 6.07 Å². The molecule has 0 spiro atoms. The van der Waals surface area contributed by atoms with Crippen molar-refractivity contribution in [2.24, 2.45) is 0 Å². The molecule has 8 heteroatoms. The van der Waals surface area contributed by atoms with E-state index in [-0.39, 0.29) is 28.9 Å². The number of likely N-dealkylation sites (tertiary alicyclic amines) is 1. The fourth-order valence-corrected chi connectivity index (χ4v) is 4.46. The SMILES string of the molecule is CCOc1cc(C2/C(=C(\O)c3ccc4c(c3)CC(C)O4)C(=O)C(=O)N2CCN(C)C)ccc1O. The van der Waals surface area contributed by atoms with Crippen LogP contribution in [0.5, 0.6) is 17.2 Å². The van der Waals surface area contributed by atoms with Crippen molar-refractivity contribution in [3.63, 3.8) is 0 Å². The van der Waals surface area contributed by atoms with Crippen molar-refractivity contribution in [3.05, 3.63) is 58.7 Å². The lowest BCUT2D eigenvalue weighted by molar-refractivity contribution is -0.140. The lowest BCUT2D eigenvalue weighted by Crippen LogP contribution is -2.35. The summed E-state index contributed by atoms with van der Waals surface area (Å²) in [6, 6.07) is 9.19. The highest BCUT2D eigenvalue weighted by atomic mass is 16.5. The van der Waals surface area contributed by atoms with Crippen molar-refractivity contribution >= 4 is 17.4 Å². The van der Waals surface area contributed by atoms with E-state index in [0.29, 0.717) is 37.2 Å². The van der Waals surface area contributed by atoms with Crippen molar-refractivity contribution in [1.29, 1.82) is 0 Å². The molecule has 2 aromatic rings. The molecule has 180 valence electrons. The highest BCUT2D eigenvalue weighted by Crippen LogP contribution is 2.42. The summed E-state index contributed by atoms with van der Waals surface area (Å²) in [6.07, 6.45) is 0.741. The van der Waals surface area contributed by atoms with Crippen molar-refractivity contribution in [2.75, 3.05) is 33.8 Å². The van der Waals surface area contributed by atoms with Gasteiger partial charge in [-0.3, -0.25) is 9.59 Å². The fourth-order valence-electron chi connectivity index (χ4n) is 4.46. The number of aromatic hydroxyl groups is 1. The van der Waals surface area contributed by atoms with E-state index in [4.69, 9.17) is 9.47 Å². The van der Waals surface area contributed by atoms with E-state index in [1.54, 1.807) is 37.3 Å². The predicted molar refractivity (Wildman–Crippen MR) is 127 cm³/mol. The number of ether oxygens (including phenoxy) is 2. The molecule has 2 aliphatic heterocycles. The molecule has 1 saturated heterocycles. The average Bonchev–Trinajstić information content (AvgIpc) is 3.29. The van der Waals surface area contributed by atoms with Crippen LogP contribution in [0.25, 0.3) is 5.76 Å². The smallest absolute Gasteiger partial charge is 0.295 e. The first-order chi connectivity index (χ1) is 16.2. The molecule has 2 heterocycles. The van der Waals surface area contributed by atoms with Gasteiger partial charge in [-0.05, 0) is 69.4 Å². The third kappa shape index (κ3) is 4.33. The number of aliphatic hydroxyl groups excluding tert-OH is 1. The van der Waals surface area contributed by atoms with Crippen molar-refractivity contribution in [2.45, 2.75) is 32.4 Å². The molecule has 0 aromatic heterocycles. The zero-order chi connectivity index (χ0) is 24.6. The molecule has 2 aromatic carbocycles. The second-order valence-corrected chi connectivity index (χ2v) is 8.91. The zero-order valence-corrected chi connectivity index (χ0v) is 19.9. The first-order valence-corrected chi connectivity index (χ1v) is 11.4. The molecular formula is C26H30N2O6. The largest absolute Gasteiger partial charge is 0.507 e. The zero-order valence-electron chi connectivity index (χ0n) is 19.9. The number of fused-ring (bicyclic) bond motifs is 1. The van der Waals surface area contributed by atoms with Crippen LogP contribution in [-0.2, 0) is 16.0 Å². The molecule has 0 bridgehead atoms. The molecule has 0 aliphatic carbocycles. The van der Waals surface area contributed by atoms with Gasteiger partial charge < -0.3 is 29.5 Å². The Balaban J connectivity index is 1.84. The first kappa shape index (κ1) is 23.6. The number of phenolic OH excluding ortho intramolecular Hbond substituents is 1. The molecule has 2 unspecified atom stereocenters. The summed E-state index contributed by atoms with van der Waals surface area (Å²) in [5.74, 6) is -0.670. The van der Waals surface area contributed by atoms with Gasteiger partial charge in [0.25, 0.3) is 11.7 Å². The van der Waals surface area contributed by atoms with Gasteiger partial charge in [0.2, 0.25) is 0 Å². The van der Waals surface area contributed by atoms with Gasteiger partial charge in [0.1, 0.15) is 17.6 Å². The molecule has 34 heavy (non-hydrogen) atoms. The predicted octanol–water partition coefficient (Wildman–Crippen LogP) is 3.10. The van der Waals surface area contributed by atoms with Crippen molar-refractivity contribution in [1.82, 2.24) is 9.80 Å². The second kappa shape index (κ2) is 9.38. The van der Waals surface area contributed by atoms with Crippen molar-refractivity contribution < 1.29 is 29.3 Å². The van der Waals surface area contributed by atoms with Crippen LogP contribution in [0.2, 0.25) is 0 Å². The Morgan fingerprint density at radius 1 is 1.21 bits per heavy atom. The molecule has 0 saturated carbocycles. The molecule has 1 fully saturated rings. The van der Waals surface area contributed by atoms with Crippen LogP contribution in [0, 0.1) is 0 Å². The molecule has 4 rings (SSSR count). The van der Waals surface area contributed by atoms with Crippen LogP contribution in [0.15, 0.2) is 42.0 Å². The fraction of sp³-hybridized carbons (Fsp3) is 0.385. The molecule has 0 radical (unpaired) electrons. The number of Topliss-reactive ketones (excluding diaryl/α,β-unsaturated/α-hetero) is 1. The van der Waals surface area contributed by atoms with Gasteiger partial charge in [0.05, 0.1) is 18.2 Å². The molecule has 8 nitrogen and oxygen atoms in total. The van der Waals surface area contributed by atoms with Crippen molar-refractivity contribution in [3.8, 4) is 17.2 Å². The van der Waals surface area contributed by atoms with Crippen LogP contribution in [0.3, 0.4) is 0 Å². The number of rotatable bonds is 7. The molecular weight excluding hydrogens is 436 g/mol. The van der Waals surface area contributed by atoms with Gasteiger partial charge in [-0.2, -0.15) is 0 Å². The second-order valence-electron chi connectivity index (χ2n) is 8.91. The maximum atomic E-state index is 13.2. The number of hydrogen-bond acceptors (Lipinski definition) is 7. The lowest BCUT2D eigenvalue weighted by atomic mass is 9.94. The minimum Gasteiger partial charge on any atom is -0.507 e. The molecule has 2 atom stereocenters. The Morgan fingerprint density at radius 3 is 2.68 bits per heavy atom. The van der Waals surface area contributed by atoms with Crippen LogP contribution in [0.4, 0.5) is 0 Å². The van der Waals surface area contributed by atoms with E-state index in [9.17, 15) is 19.8 Å². The number of ketones is 1. The summed E-state index contributed by atoms with van der Waals surface area (Å²) in [4.78, 5) is 29.6. The Morgan fingerprint density at radius 2 is 1.97 bits per heavy atom. The number of hydrogen-bond donors (Lipinski definition) is 2. The van der Waals surface area contributed by atoms with E-state index in [0.717, 1.165) is 11.3 Å². The van der Waals surface area contributed by atoms with E-state index >= 15 is 0 Å². The van der Waals surface area contributed by atoms with Crippen LogP contribution in [0.1, 0.15) is 36.6 Å². The molecule has 2 N–H and O–H groups in total. The third-order valence-corrected chi connectivity index (χ3v) is 6.10. The summed E-state index contributed by atoms with van der Waals surface area (Å²) < 4.78 is 11.3. The number of carbonyl (C=O) groups is 2. The monoisotopic (exact) mass is 466 g/mol. The number of likely N-dealkylation sites (N-methyl/N-ethyl adjacent to an activating group) is 1. The Bertz CT molecular complexity index is 1160.